The van der Waals surface area contributed by atoms with Crippen LogP contribution in [0.25, 0.3) is 0 Å². The fraction of sp³-hybridized carbons (Fsp3) is 0.231. The number of nitrogens with zero attached hydrogens (tertiary/aromatic N) is 1. The van der Waals surface area contributed by atoms with Crippen molar-refractivity contribution in [2.45, 2.75) is 19.3 Å². The Morgan fingerprint density at radius 1 is 1.38 bits per heavy atom. The smallest absolute Gasteiger partial charge is 0.279 e. The Kier molecular flexibility index (Phi) is 6.60. The normalized spacial score (nSPS) is 11.8. The first-order valence-corrected chi connectivity index (χ1v) is 8.38. The van der Waals surface area contributed by atoms with Crippen LogP contribution >= 0.6 is 19.2 Å². The molecule has 112 valence electrons. The van der Waals surface area contributed by atoms with Crippen LogP contribution in [0.15, 0.2) is 35.4 Å². The zero-order chi connectivity index (χ0) is 15.9. The highest BCUT2D eigenvalue weighted by Crippen LogP contribution is 2.19. The number of benzene rings is 1. The van der Waals surface area contributed by atoms with Crippen LogP contribution in [0.3, 0.4) is 0 Å². The number of nitrogens with one attached hydrogen (secondary N) is 1. The SMILES string of the molecule is N#CC(Cl)=CCCCc1ccc(C(=O)NP(N)(N)=O)cc1. The minimum atomic E-state index is -3.58. The molecule has 0 aromatic heterocycles. The Balaban J connectivity index is 2.53. The van der Waals surface area contributed by atoms with E-state index in [1.807, 2.05) is 11.2 Å². The first-order chi connectivity index (χ1) is 9.81. The number of nitriles is 1. The zero-order valence-corrected chi connectivity index (χ0v) is 12.9. The molecule has 1 aromatic rings. The molecule has 5 N–H and O–H groups in total. The molecule has 6 nitrogen and oxygen atoms in total. The van der Waals surface area contributed by atoms with Gasteiger partial charge in [0.05, 0.1) is 0 Å². The first kappa shape index (κ1) is 17.4. The third-order valence-corrected chi connectivity index (χ3v) is 3.38. The average molecular weight is 327 g/mol. The van der Waals surface area contributed by atoms with E-state index in [1.165, 1.54) is 0 Å². The summed E-state index contributed by atoms with van der Waals surface area (Å²) in [6.07, 6.45) is 4.01. The summed E-state index contributed by atoms with van der Waals surface area (Å²) < 4.78 is 11.1. The Bertz CT molecular complexity index is 616. The van der Waals surface area contributed by atoms with Crippen LogP contribution in [0, 0.1) is 11.3 Å². The number of halogens is 1. The summed E-state index contributed by atoms with van der Waals surface area (Å²) in [6.45, 7) is 0. The zero-order valence-electron chi connectivity index (χ0n) is 11.3. The van der Waals surface area contributed by atoms with Crippen molar-refractivity contribution in [3.05, 3.63) is 46.5 Å². The largest absolute Gasteiger partial charge is 0.300 e. The lowest BCUT2D eigenvalue weighted by atomic mass is 10.1. The predicted molar refractivity (Wildman–Crippen MR) is 82.4 cm³/mol. The van der Waals surface area contributed by atoms with Crippen molar-refractivity contribution in [1.29, 1.82) is 5.26 Å². The average Bonchev–Trinajstić information content (AvgIpc) is 2.42. The monoisotopic (exact) mass is 326 g/mol. The minimum absolute atomic E-state index is 0.190. The third-order valence-electron chi connectivity index (χ3n) is 2.59. The fourth-order valence-corrected chi connectivity index (χ4v) is 2.18. The quantitative estimate of drug-likeness (QED) is 0.421. The summed E-state index contributed by atoms with van der Waals surface area (Å²) in [4.78, 5) is 11.6. The topological polar surface area (TPSA) is 122 Å². The Morgan fingerprint density at radius 2 is 2.00 bits per heavy atom. The molecule has 0 aliphatic rings. The number of rotatable bonds is 6. The van der Waals surface area contributed by atoms with Crippen LogP contribution in [-0.4, -0.2) is 5.91 Å². The van der Waals surface area contributed by atoms with Crippen LogP contribution in [0.5, 0.6) is 0 Å². The number of nitrogens with two attached hydrogens (primary N) is 2. The molecule has 1 aromatic carbocycles. The lowest BCUT2D eigenvalue weighted by molar-refractivity contribution is 0.0980. The summed E-state index contributed by atoms with van der Waals surface area (Å²) in [7, 11) is -3.58. The number of hydrogen-bond donors (Lipinski definition) is 3. The summed E-state index contributed by atoms with van der Waals surface area (Å²) in [5.74, 6) is -0.571. The molecule has 0 heterocycles. The Labute approximate surface area is 128 Å². The number of carbonyl (C=O) groups excluding carboxylic acids is 1. The van der Waals surface area contributed by atoms with Crippen LogP contribution in [-0.2, 0) is 11.0 Å². The van der Waals surface area contributed by atoms with Crippen molar-refractivity contribution in [2.75, 3.05) is 0 Å². The van der Waals surface area contributed by atoms with Crippen molar-refractivity contribution in [3.8, 4) is 6.07 Å². The van der Waals surface area contributed by atoms with Crippen LogP contribution < -0.4 is 16.1 Å². The maximum absolute atomic E-state index is 11.6. The third kappa shape index (κ3) is 7.07. The van der Waals surface area contributed by atoms with Gasteiger partial charge in [0.1, 0.15) is 11.1 Å². The number of allylic oxidation sites excluding steroid dienone is 2. The molecule has 8 heteroatoms. The van der Waals surface area contributed by atoms with E-state index in [0.29, 0.717) is 12.0 Å². The highest BCUT2D eigenvalue weighted by molar-refractivity contribution is 7.57. The Hall–Kier alpha value is -1.64. The molecule has 0 bridgehead atoms. The molecule has 1 rings (SSSR count). The standard InChI is InChI=1S/C13H16ClN4O2P/c14-12(9-15)4-2-1-3-10-5-7-11(8-6-10)13(19)18-21(16,17)20/h4-8H,1-3H2,(H5,16,17,18,19,20). The fourth-order valence-electron chi connectivity index (χ4n) is 1.63. The lowest BCUT2D eigenvalue weighted by Crippen LogP contribution is -2.28. The van der Waals surface area contributed by atoms with Crippen molar-refractivity contribution in [2.24, 2.45) is 11.0 Å². The summed E-state index contributed by atoms with van der Waals surface area (Å²) in [5.41, 5.74) is 11.5. The highest BCUT2D eigenvalue weighted by atomic mass is 35.5. The van der Waals surface area contributed by atoms with Crippen molar-refractivity contribution in [1.82, 2.24) is 5.09 Å². The van der Waals surface area contributed by atoms with Crippen LogP contribution in [0.4, 0.5) is 0 Å². The van der Waals surface area contributed by atoms with Crippen molar-refractivity contribution < 1.29 is 9.36 Å². The molecule has 0 aliphatic heterocycles. The van der Waals surface area contributed by atoms with Gasteiger partial charge >= 0.3 is 7.59 Å². The maximum atomic E-state index is 11.6. The van der Waals surface area contributed by atoms with E-state index >= 15 is 0 Å². The molecule has 0 aliphatic carbocycles. The van der Waals surface area contributed by atoms with Crippen LogP contribution in [0.2, 0.25) is 0 Å². The molecule has 0 radical (unpaired) electrons. The molecule has 0 saturated heterocycles. The first-order valence-electron chi connectivity index (χ1n) is 6.16. The van der Waals surface area contributed by atoms with Gasteiger partial charge in [0.15, 0.2) is 0 Å². The summed E-state index contributed by atoms with van der Waals surface area (Å²) in [6, 6.07) is 8.65. The van der Waals surface area contributed by atoms with Gasteiger partial charge in [0.2, 0.25) is 0 Å². The highest BCUT2D eigenvalue weighted by Gasteiger charge is 2.14. The molecular formula is C13H16ClN4O2P. The van der Waals surface area contributed by atoms with Gasteiger partial charge in [-0.05, 0) is 37.0 Å². The second-order valence-electron chi connectivity index (χ2n) is 4.40. The number of aryl methyl sites for hydroxylation is 1. The van der Waals surface area contributed by atoms with Gasteiger partial charge in [0, 0.05) is 5.56 Å². The summed E-state index contributed by atoms with van der Waals surface area (Å²) in [5, 5.41) is 10.7. The van der Waals surface area contributed by atoms with E-state index in [2.05, 4.69) is 0 Å². The summed E-state index contributed by atoms with van der Waals surface area (Å²) >= 11 is 5.57. The van der Waals surface area contributed by atoms with Gasteiger partial charge in [-0.2, -0.15) is 5.26 Å². The molecular weight excluding hydrogens is 311 g/mol. The second-order valence-corrected chi connectivity index (χ2v) is 6.45. The van der Waals surface area contributed by atoms with Gasteiger partial charge in [-0.1, -0.05) is 29.8 Å². The van der Waals surface area contributed by atoms with E-state index in [0.717, 1.165) is 18.4 Å². The molecule has 0 saturated carbocycles. The van der Waals surface area contributed by atoms with Gasteiger partial charge in [-0.25, -0.2) is 0 Å². The number of carbonyl (C=O) groups is 1. The van der Waals surface area contributed by atoms with Gasteiger partial charge in [-0.15, -0.1) is 0 Å². The molecule has 0 unspecified atom stereocenters. The number of amides is 1. The van der Waals surface area contributed by atoms with E-state index in [9.17, 15) is 9.36 Å². The van der Waals surface area contributed by atoms with Crippen LogP contribution in [0.1, 0.15) is 28.8 Å². The number of hydrogen-bond acceptors (Lipinski definition) is 3. The second kappa shape index (κ2) is 7.96. The maximum Gasteiger partial charge on any atom is 0.300 e. The van der Waals surface area contributed by atoms with E-state index in [1.54, 1.807) is 30.3 Å². The lowest BCUT2D eigenvalue weighted by Gasteiger charge is -2.09. The van der Waals surface area contributed by atoms with Crippen molar-refractivity contribution in [3.63, 3.8) is 0 Å². The van der Waals surface area contributed by atoms with Gasteiger partial charge in [-0.3, -0.25) is 25.5 Å². The van der Waals surface area contributed by atoms with Gasteiger partial charge in [0.25, 0.3) is 5.91 Å². The van der Waals surface area contributed by atoms with Crippen molar-refractivity contribution >= 4 is 25.1 Å². The van der Waals surface area contributed by atoms with Gasteiger partial charge < -0.3 is 0 Å². The van der Waals surface area contributed by atoms with E-state index < -0.39 is 13.5 Å². The number of unbranched alkanes of at least 4 members (excludes halogenated alkanes) is 1. The molecule has 1 amide bonds. The van der Waals surface area contributed by atoms with E-state index in [4.69, 9.17) is 27.9 Å². The molecule has 0 atom stereocenters. The van der Waals surface area contributed by atoms with E-state index in [-0.39, 0.29) is 5.03 Å². The Morgan fingerprint density at radius 3 is 2.52 bits per heavy atom. The predicted octanol–water partition coefficient (Wildman–Crippen LogP) is 2.41. The minimum Gasteiger partial charge on any atom is -0.279 e. The molecule has 0 spiro atoms. The molecule has 21 heavy (non-hydrogen) atoms. The molecule has 0 fully saturated rings.